The molecular formula is C16H13F3N4S. The number of halogens is 3. The van der Waals surface area contributed by atoms with Gasteiger partial charge in [-0.2, -0.15) is 18.3 Å². The highest BCUT2D eigenvalue weighted by Gasteiger charge is 2.32. The molecule has 0 saturated carbocycles. The molecule has 4 nitrogen and oxygen atoms in total. The zero-order chi connectivity index (χ0) is 17.3. The maximum absolute atomic E-state index is 13.0. The molecule has 3 aromatic rings. The maximum Gasteiger partial charge on any atom is 0.417 e. The Labute approximate surface area is 140 Å². The van der Waals surface area contributed by atoms with Crippen molar-refractivity contribution in [2.45, 2.75) is 20.0 Å². The number of rotatable bonds is 3. The number of aryl methyl sites for hydroxylation is 2. The van der Waals surface area contributed by atoms with Crippen molar-refractivity contribution >= 4 is 33.6 Å². The van der Waals surface area contributed by atoms with Gasteiger partial charge in [-0.05, 0) is 25.5 Å². The molecule has 3 rings (SSSR count). The smallest absolute Gasteiger partial charge is 0.261 e. The number of hydrogen-bond acceptors (Lipinski definition) is 5. The number of thiophene rings is 1. The number of hydrogen-bond donors (Lipinski definition) is 1. The molecule has 0 saturated heterocycles. The van der Waals surface area contributed by atoms with Crippen LogP contribution >= 0.6 is 11.3 Å². The van der Waals surface area contributed by atoms with E-state index >= 15 is 0 Å². The maximum atomic E-state index is 13.0. The summed E-state index contributed by atoms with van der Waals surface area (Å²) in [6, 6.07) is 5.27. The van der Waals surface area contributed by atoms with Crippen LogP contribution in [-0.2, 0) is 6.18 Å². The van der Waals surface area contributed by atoms with Gasteiger partial charge in [-0.3, -0.25) is 5.43 Å². The van der Waals surface area contributed by atoms with E-state index in [0.717, 1.165) is 32.9 Å². The molecule has 0 aliphatic carbocycles. The van der Waals surface area contributed by atoms with Crippen molar-refractivity contribution in [3.8, 4) is 0 Å². The molecule has 0 unspecified atom stereocenters. The first-order chi connectivity index (χ1) is 11.4. The van der Waals surface area contributed by atoms with E-state index in [1.807, 2.05) is 13.8 Å². The zero-order valence-electron chi connectivity index (χ0n) is 12.8. The lowest BCUT2D eigenvalue weighted by Gasteiger charge is -2.09. The van der Waals surface area contributed by atoms with Crippen LogP contribution in [0.4, 0.5) is 19.0 Å². The average Bonchev–Trinajstić information content (AvgIpc) is 2.82. The minimum Gasteiger partial charge on any atom is -0.261 e. The van der Waals surface area contributed by atoms with Crippen molar-refractivity contribution in [2.75, 3.05) is 5.43 Å². The summed E-state index contributed by atoms with van der Waals surface area (Å²) in [6.45, 7) is 3.93. The second-order valence-electron chi connectivity index (χ2n) is 5.14. The Hall–Kier alpha value is -2.48. The fraction of sp³-hybridized carbons (Fsp3) is 0.188. The summed E-state index contributed by atoms with van der Waals surface area (Å²) in [7, 11) is 0. The number of hydrazone groups is 1. The highest BCUT2D eigenvalue weighted by Crippen LogP contribution is 2.33. The van der Waals surface area contributed by atoms with E-state index in [2.05, 4.69) is 20.5 Å². The van der Waals surface area contributed by atoms with E-state index in [-0.39, 0.29) is 5.56 Å². The van der Waals surface area contributed by atoms with Crippen LogP contribution in [0.3, 0.4) is 0 Å². The van der Waals surface area contributed by atoms with E-state index in [1.165, 1.54) is 35.9 Å². The predicted molar refractivity (Wildman–Crippen MR) is 89.5 cm³/mol. The summed E-state index contributed by atoms with van der Waals surface area (Å²) >= 11 is 1.54. The summed E-state index contributed by atoms with van der Waals surface area (Å²) < 4.78 is 38.9. The quantitative estimate of drug-likeness (QED) is 0.547. The van der Waals surface area contributed by atoms with Gasteiger partial charge in [0.2, 0.25) is 0 Å². The molecule has 0 aliphatic heterocycles. The van der Waals surface area contributed by atoms with Crippen molar-refractivity contribution in [3.05, 3.63) is 52.2 Å². The molecule has 8 heteroatoms. The number of alkyl halides is 3. The highest BCUT2D eigenvalue weighted by molar-refractivity contribution is 7.18. The molecule has 0 aliphatic rings. The van der Waals surface area contributed by atoms with Crippen molar-refractivity contribution in [1.29, 1.82) is 0 Å². The normalized spacial score (nSPS) is 12.2. The van der Waals surface area contributed by atoms with E-state index in [4.69, 9.17) is 0 Å². The summed E-state index contributed by atoms with van der Waals surface area (Å²) in [5, 5.41) is 4.76. The SMILES string of the molecule is Cc1sc2ncnc(NN=Cc3ccccc3C(F)(F)F)c2c1C. The monoisotopic (exact) mass is 350 g/mol. The average molecular weight is 350 g/mol. The number of nitrogens with zero attached hydrogens (tertiary/aromatic N) is 3. The molecule has 124 valence electrons. The van der Waals surface area contributed by atoms with Gasteiger partial charge in [0.1, 0.15) is 11.2 Å². The van der Waals surface area contributed by atoms with Crippen molar-refractivity contribution in [1.82, 2.24) is 9.97 Å². The molecular weight excluding hydrogens is 337 g/mol. The number of aromatic nitrogens is 2. The van der Waals surface area contributed by atoms with Crippen molar-refractivity contribution in [2.24, 2.45) is 5.10 Å². The first-order valence-corrected chi connectivity index (χ1v) is 7.85. The van der Waals surface area contributed by atoms with Crippen LogP contribution in [0.15, 0.2) is 35.7 Å². The third-order valence-electron chi connectivity index (χ3n) is 3.61. The van der Waals surface area contributed by atoms with E-state index < -0.39 is 11.7 Å². The fourth-order valence-electron chi connectivity index (χ4n) is 2.30. The minimum absolute atomic E-state index is 0.0129. The summed E-state index contributed by atoms with van der Waals surface area (Å²) in [4.78, 5) is 10.3. The lowest BCUT2D eigenvalue weighted by Crippen LogP contribution is -2.09. The Balaban J connectivity index is 1.91. The Bertz CT molecular complexity index is 915. The minimum atomic E-state index is -4.42. The van der Waals surface area contributed by atoms with Gasteiger partial charge in [-0.25, -0.2) is 9.97 Å². The standard InChI is InChI=1S/C16H13F3N4S/c1-9-10(2)24-15-13(9)14(20-8-21-15)23-22-7-11-5-3-4-6-12(11)16(17,18)19/h3-8H,1-2H3,(H,20,21,23). The second-order valence-corrected chi connectivity index (χ2v) is 6.34. The molecule has 0 radical (unpaired) electrons. The van der Waals surface area contributed by atoms with Gasteiger partial charge in [0, 0.05) is 10.4 Å². The molecule has 0 fully saturated rings. The largest absolute Gasteiger partial charge is 0.417 e. The molecule has 0 atom stereocenters. The van der Waals surface area contributed by atoms with Gasteiger partial charge < -0.3 is 0 Å². The van der Waals surface area contributed by atoms with E-state index in [9.17, 15) is 13.2 Å². The Morgan fingerprint density at radius 3 is 2.67 bits per heavy atom. The molecule has 0 amide bonds. The Morgan fingerprint density at radius 1 is 1.17 bits per heavy atom. The molecule has 0 spiro atoms. The van der Waals surface area contributed by atoms with E-state index in [0.29, 0.717) is 5.82 Å². The van der Waals surface area contributed by atoms with Gasteiger partial charge in [0.15, 0.2) is 5.82 Å². The van der Waals surface area contributed by atoms with Crippen molar-refractivity contribution in [3.63, 3.8) is 0 Å². The zero-order valence-corrected chi connectivity index (χ0v) is 13.7. The topological polar surface area (TPSA) is 50.2 Å². The van der Waals surface area contributed by atoms with Crippen LogP contribution in [0.2, 0.25) is 0 Å². The number of anilines is 1. The van der Waals surface area contributed by atoms with Crippen LogP contribution < -0.4 is 5.43 Å². The molecule has 1 N–H and O–H groups in total. The van der Waals surface area contributed by atoms with Gasteiger partial charge in [0.05, 0.1) is 17.2 Å². The fourth-order valence-corrected chi connectivity index (χ4v) is 3.29. The van der Waals surface area contributed by atoms with Crippen LogP contribution in [-0.4, -0.2) is 16.2 Å². The second kappa shape index (κ2) is 6.20. The molecule has 24 heavy (non-hydrogen) atoms. The van der Waals surface area contributed by atoms with Gasteiger partial charge >= 0.3 is 6.18 Å². The molecule has 1 aromatic carbocycles. The first kappa shape index (κ1) is 16.4. The Kier molecular flexibility index (Phi) is 4.23. The third-order valence-corrected chi connectivity index (χ3v) is 4.72. The summed E-state index contributed by atoms with van der Waals surface area (Å²) in [6.07, 6.45) is -1.88. The predicted octanol–water partition coefficient (Wildman–Crippen LogP) is 4.77. The lowest BCUT2D eigenvalue weighted by atomic mass is 10.1. The van der Waals surface area contributed by atoms with Crippen LogP contribution in [0.5, 0.6) is 0 Å². The summed E-state index contributed by atoms with van der Waals surface area (Å²) in [5.41, 5.74) is 3.01. The van der Waals surface area contributed by atoms with Crippen molar-refractivity contribution < 1.29 is 13.2 Å². The van der Waals surface area contributed by atoms with Gasteiger partial charge in [-0.15, -0.1) is 11.3 Å². The highest BCUT2D eigenvalue weighted by atomic mass is 32.1. The van der Waals surface area contributed by atoms with Gasteiger partial charge in [0.25, 0.3) is 0 Å². The first-order valence-electron chi connectivity index (χ1n) is 7.04. The number of nitrogens with one attached hydrogen (secondary N) is 1. The summed E-state index contributed by atoms with van der Waals surface area (Å²) in [5.74, 6) is 0.475. The molecule has 2 aromatic heterocycles. The molecule has 0 bridgehead atoms. The van der Waals surface area contributed by atoms with Crippen LogP contribution in [0, 0.1) is 13.8 Å². The number of benzene rings is 1. The Morgan fingerprint density at radius 2 is 1.92 bits per heavy atom. The third kappa shape index (κ3) is 3.09. The van der Waals surface area contributed by atoms with Gasteiger partial charge in [-0.1, -0.05) is 18.2 Å². The molecule has 2 heterocycles. The lowest BCUT2D eigenvalue weighted by molar-refractivity contribution is -0.137. The van der Waals surface area contributed by atoms with Crippen LogP contribution in [0.25, 0.3) is 10.2 Å². The number of fused-ring (bicyclic) bond motifs is 1. The van der Waals surface area contributed by atoms with E-state index in [1.54, 1.807) is 0 Å². The van der Waals surface area contributed by atoms with Crippen LogP contribution in [0.1, 0.15) is 21.6 Å².